The number of benzene rings is 2. The average molecular weight is 389 g/mol. The first-order chi connectivity index (χ1) is 13.1. The monoisotopic (exact) mass is 388 g/mol. The maximum Gasteiger partial charge on any atom is 0.321 e. The molecule has 1 unspecified atom stereocenters. The van der Waals surface area contributed by atoms with Crippen LogP contribution in [0.4, 0.5) is 10.5 Å². The molecule has 1 aliphatic rings. The smallest absolute Gasteiger partial charge is 0.321 e. The number of urea groups is 1. The fourth-order valence-electron chi connectivity index (χ4n) is 3.43. The molecule has 2 amide bonds. The second-order valence-electron chi connectivity index (χ2n) is 6.69. The van der Waals surface area contributed by atoms with E-state index >= 15 is 0 Å². The molecule has 1 aliphatic heterocycles. The number of carbonyl (C=O) groups is 1. The summed E-state index contributed by atoms with van der Waals surface area (Å²) in [6.07, 6.45) is 3.16. The molecule has 1 heterocycles. The van der Waals surface area contributed by atoms with Gasteiger partial charge in [0.15, 0.2) is 0 Å². The topological polar surface area (TPSA) is 50.8 Å². The molecular weight excluding hydrogens is 364 g/mol. The van der Waals surface area contributed by atoms with Crippen LogP contribution < -0.4 is 14.8 Å². The van der Waals surface area contributed by atoms with E-state index in [2.05, 4.69) is 17.4 Å². The van der Waals surface area contributed by atoms with E-state index in [1.54, 1.807) is 32.4 Å². The number of anilines is 1. The highest BCUT2D eigenvalue weighted by Gasteiger charge is 2.24. The van der Waals surface area contributed by atoms with E-state index in [9.17, 15) is 4.79 Å². The van der Waals surface area contributed by atoms with Crippen molar-refractivity contribution >= 4 is 23.3 Å². The SMILES string of the molecule is COc1ccc(NC(=O)N2CCCCC(c3ccc(Cl)cc3)C2)c(OC)c1. The Labute approximate surface area is 165 Å². The molecule has 27 heavy (non-hydrogen) atoms. The van der Waals surface area contributed by atoms with Crippen LogP contribution in [-0.4, -0.2) is 38.2 Å². The second kappa shape index (κ2) is 9.00. The van der Waals surface area contributed by atoms with Crippen LogP contribution in [0.5, 0.6) is 11.5 Å². The van der Waals surface area contributed by atoms with Crippen LogP contribution in [-0.2, 0) is 0 Å². The number of ether oxygens (including phenoxy) is 2. The predicted molar refractivity (Wildman–Crippen MR) is 108 cm³/mol. The molecule has 0 spiro atoms. The Morgan fingerprint density at radius 2 is 1.89 bits per heavy atom. The van der Waals surface area contributed by atoms with Gasteiger partial charge in [0.2, 0.25) is 0 Å². The highest BCUT2D eigenvalue weighted by Crippen LogP contribution is 2.31. The summed E-state index contributed by atoms with van der Waals surface area (Å²) in [5.41, 5.74) is 1.86. The minimum absolute atomic E-state index is 0.112. The van der Waals surface area contributed by atoms with E-state index in [1.165, 1.54) is 5.56 Å². The third-order valence-corrected chi connectivity index (χ3v) is 5.20. The zero-order valence-corrected chi connectivity index (χ0v) is 16.5. The molecule has 2 aromatic rings. The van der Waals surface area contributed by atoms with E-state index in [0.717, 1.165) is 30.8 Å². The summed E-state index contributed by atoms with van der Waals surface area (Å²) in [5.74, 6) is 1.57. The number of halogens is 1. The predicted octanol–water partition coefficient (Wildman–Crippen LogP) is 5.16. The second-order valence-corrected chi connectivity index (χ2v) is 7.12. The van der Waals surface area contributed by atoms with Gasteiger partial charge in [0.25, 0.3) is 0 Å². The van der Waals surface area contributed by atoms with Crippen molar-refractivity contribution in [2.45, 2.75) is 25.2 Å². The van der Waals surface area contributed by atoms with E-state index in [-0.39, 0.29) is 6.03 Å². The maximum atomic E-state index is 12.9. The van der Waals surface area contributed by atoms with Crippen molar-refractivity contribution in [2.24, 2.45) is 0 Å². The molecule has 0 aliphatic carbocycles. The van der Waals surface area contributed by atoms with Gasteiger partial charge in [0.1, 0.15) is 11.5 Å². The number of hydrogen-bond acceptors (Lipinski definition) is 3. The quantitative estimate of drug-likeness (QED) is 0.787. The first-order valence-electron chi connectivity index (χ1n) is 9.14. The lowest BCUT2D eigenvalue weighted by molar-refractivity contribution is 0.211. The van der Waals surface area contributed by atoms with E-state index < -0.39 is 0 Å². The number of nitrogens with zero attached hydrogens (tertiary/aromatic N) is 1. The fourth-order valence-corrected chi connectivity index (χ4v) is 3.56. The van der Waals surface area contributed by atoms with Crippen LogP contribution in [0.15, 0.2) is 42.5 Å². The van der Waals surface area contributed by atoms with Crippen LogP contribution in [0.1, 0.15) is 30.7 Å². The lowest BCUT2D eigenvalue weighted by Gasteiger charge is -2.25. The standard InChI is InChI=1S/C21H25ClN2O3/c1-26-18-10-11-19(20(13-18)27-2)23-21(25)24-12-4-3-5-16(14-24)15-6-8-17(22)9-7-15/h6-11,13,16H,3-5,12,14H2,1-2H3,(H,23,25). The molecule has 3 rings (SSSR count). The maximum absolute atomic E-state index is 12.9. The lowest BCUT2D eigenvalue weighted by Crippen LogP contribution is -2.37. The van der Waals surface area contributed by atoms with Crippen molar-refractivity contribution in [2.75, 3.05) is 32.6 Å². The normalized spacial score (nSPS) is 17.1. The molecule has 1 saturated heterocycles. The Morgan fingerprint density at radius 3 is 2.59 bits per heavy atom. The Kier molecular flexibility index (Phi) is 6.45. The molecule has 1 fully saturated rings. The number of nitrogens with one attached hydrogen (secondary N) is 1. The van der Waals surface area contributed by atoms with Crippen molar-refractivity contribution in [3.8, 4) is 11.5 Å². The number of rotatable bonds is 4. The highest BCUT2D eigenvalue weighted by molar-refractivity contribution is 6.30. The molecule has 2 aromatic carbocycles. The van der Waals surface area contributed by atoms with Crippen molar-refractivity contribution in [3.05, 3.63) is 53.1 Å². The highest BCUT2D eigenvalue weighted by atomic mass is 35.5. The Morgan fingerprint density at radius 1 is 1.11 bits per heavy atom. The zero-order chi connectivity index (χ0) is 19.2. The number of amides is 2. The van der Waals surface area contributed by atoms with Gasteiger partial charge in [-0.1, -0.05) is 30.2 Å². The van der Waals surface area contributed by atoms with Crippen molar-refractivity contribution < 1.29 is 14.3 Å². The number of carbonyl (C=O) groups excluding carboxylic acids is 1. The summed E-state index contributed by atoms with van der Waals surface area (Å²) >= 11 is 6.01. The molecule has 5 nitrogen and oxygen atoms in total. The van der Waals surface area contributed by atoms with Gasteiger partial charge >= 0.3 is 6.03 Å². The summed E-state index contributed by atoms with van der Waals surface area (Å²) in [5, 5.41) is 3.71. The molecule has 6 heteroatoms. The third-order valence-electron chi connectivity index (χ3n) is 4.95. The van der Waals surface area contributed by atoms with Gasteiger partial charge in [-0.15, -0.1) is 0 Å². The van der Waals surface area contributed by atoms with Crippen LogP contribution in [0, 0.1) is 0 Å². The third kappa shape index (κ3) is 4.86. The summed E-state index contributed by atoms with van der Waals surface area (Å²) in [7, 11) is 3.17. The van der Waals surface area contributed by atoms with Gasteiger partial charge < -0.3 is 19.7 Å². The first-order valence-corrected chi connectivity index (χ1v) is 9.52. The van der Waals surface area contributed by atoms with Crippen LogP contribution in [0.25, 0.3) is 0 Å². The van der Waals surface area contributed by atoms with Crippen molar-refractivity contribution in [3.63, 3.8) is 0 Å². The number of hydrogen-bond donors (Lipinski definition) is 1. The van der Waals surface area contributed by atoms with Crippen LogP contribution in [0.2, 0.25) is 5.02 Å². The lowest BCUT2D eigenvalue weighted by atomic mass is 9.94. The van der Waals surface area contributed by atoms with Crippen molar-refractivity contribution in [1.29, 1.82) is 0 Å². The average Bonchev–Trinajstić information content (AvgIpc) is 2.95. The molecule has 0 bridgehead atoms. The number of methoxy groups -OCH3 is 2. The summed E-state index contributed by atoms with van der Waals surface area (Å²) in [4.78, 5) is 14.8. The minimum Gasteiger partial charge on any atom is -0.497 e. The summed E-state index contributed by atoms with van der Waals surface area (Å²) < 4.78 is 10.6. The summed E-state index contributed by atoms with van der Waals surface area (Å²) in [6, 6.07) is 13.2. The molecule has 1 atom stereocenters. The van der Waals surface area contributed by atoms with Gasteiger partial charge in [-0.25, -0.2) is 4.79 Å². The molecule has 0 radical (unpaired) electrons. The van der Waals surface area contributed by atoms with Crippen LogP contribution in [0.3, 0.4) is 0 Å². The Balaban J connectivity index is 1.72. The Bertz CT molecular complexity index is 779. The van der Waals surface area contributed by atoms with E-state index in [0.29, 0.717) is 29.6 Å². The van der Waals surface area contributed by atoms with Crippen molar-refractivity contribution in [1.82, 2.24) is 4.90 Å². The van der Waals surface area contributed by atoms with Crippen LogP contribution >= 0.6 is 11.6 Å². The van der Waals surface area contributed by atoms with Gasteiger partial charge in [0, 0.05) is 30.1 Å². The molecule has 0 saturated carbocycles. The summed E-state index contributed by atoms with van der Waals surface area (Å²) in [6.45, 7) is 1.43. The van der Waals surface area contributed by atoms with Gasteiger partial charge in [-0.2, -0.15) is 0 Å². The van der Waals surface area contributed by atoms with E-state index in [4.69, 9.17) is 21.1 Å². The Hall–Kier alpha value is -2.40. The number of likely N-dealkylation sites (tertiary alicyclic amines) is 1. The minimum atomic E-state index is -0.112. The molecule has 0 aromatic heterocycles. The molecular formula is C21H25ClN2O3. The van der Waals surface area contributed by atoms with Gasteiger partial charge in [-0.05, 0) is 42.7 Å². The molecule has 1 N–H and O–H groups in total. The van der Waals surface area contributed by atoms with Gasteiger partial charge in [0.05, 0.1) is 19.9 Å². The van der Waals surface area contributed by atoms with Gasteiger partial charge in [-0.3, -0.25) is 0 Å². The molecule has 144 valence electrons. The van der Waals surface area contributed by atoms with E-state index in [1.807, 2.05) is 17.0 Å². The largest absolute Gasteiger partial charge is 0.497 e. The first kappa shape index (κ1) is 19.4. The fraction of sp³-hybridized carbons (Fsp3) is 0.381. The zero-order valence-electron chi connectivity index (χ0n) is 15.7.